The molecule has 0 aliphatic carbocycles. The fourth-order valence-corrected chi connectivity index (χ4v) is 2.46. The van der Waals surface area contributed by atoms with E-state index in [-0.39, 0.29) is 11.8 Å². The zero-order chi connectivity index (χ0) is 16.7. The monoisotopic (exact) mass is 332 g/mol. The molecule has 2 rings (SSSR count). The number of nitrogens with one attached hydrogen (secondary N) is 2. The number of thiophene rings is 1. The van der Waals surface area contributed by atoms with Crippen molar-refractivity contribution in [1.82, 2.24) is 10.6 Å². The molecule has 2 N–H and O–H groups in total. The summed E-state index contributed by atoms with van der Waals surface area (Å²) < 4.78 is 4.93. The first-order chi connectivity index (χ1) is 11.1. The Labute approximate surface area is 137 Å². The van der Waals surface area contributed by atoms with Crippen molar-refractivity contribution < 1.29 is 19.1 Å². The van der Waals surface area contributed by atoms with Gasteiger partial charge in [-0.2, -0.15) is 0 Å². The molecule has 0 saturated carbocycles. The summed E-state index contributed by atoms with van der Waals surface area (Å²) >= 11 is 1.36. The van der Waals surface area contributed by atoms with Gasteiger partial charge in [0.15, 0.2) is 0 Å². The number of hydrogen-bond acceptors (Lipinski definition) is 5. The zero-order valence-electron chi connectivity index (χ0n) is 12.5. The van der Waals surface area contributed by atoms with Gasteiger partial charge in [-0.25, -0.2) is 0 Å². The van der Waals surface area contributed by atoms with Gasteiger partial charge in [-0.05, 0) is 29.6 Å². The van der Waals surface area contributed by atoms with Crippen molar-refractivity contribution in [3.05, 3.63) is 52.2 Å². The summed E-state index contributed by atoms with van der Waals surface area (Å²) in [5, 5.41) is 7.23. The van der Waals surface area contributed by atoms with E-state index < -0.39 is 5.97 Å². The minimum Gasteiger partial charge on any atom is -0.427 e. The van der Waals surface area contributed by atoms with E-state index in [1.165, 1.54) is 24.3 Å². The third-order valence-electron chi connectivity index (χ3n) is 2.80. The van der Waals surface area contributed by atoms with E-state index >= 15 is 0 Å². The molecule has 0 saturated heterocycles. The lowest BCUT2D eigenvalue weighted by Crippen LogP contribution is -2.34. The molecule has 0 unspecified atom stereocenters. The van der Waals surface area contributed by atoms with Crippen LogP contribution < -0.4 is 15.4 Å². The molecule has 120 valence electrons. The highest BCUT2D eigenvalue weighted by Crippen LogP contribution is 2.13. The minimum absolute atomic E-state index is 0.161. The van der Waals surface area contributed by atoms with Crippen molar-refractivity contribution >= 4 is 29.1 Å². The van der Waals surface area contributed by atoms with E-state index in [0.717, 1.165) is 0 Å². The molecule has 23 heavy (non-hydrogen) atoms. The highest BCUT2D eigenvalue weighted by atomic mass is 32.1. The van der Waals surface area contributed by atoms with E-state index in [1.807, 2.05) is 5.38 Å². The Morgan fingerprint density at radius 3 is 2.43 bits per heavy atom. The average Bonchev–Trinajstić information content (AvgIpc) is 3.05. The van der Waals surface area contributed by atoms with Crippen LogP contribution in [0.25, 0.3) is 0 Å². The number of carbonyl (C=O) groups is 3. The van der Waals surface area contributed by atoms with Gasteiger partial charge in [0, 0.05) is 25.6 Å². The van der Waals surface area contributed by atoms with Crippen LogP contribution in [0.4, 0.5) is 0 Å². The fraction of sp³-hybridized carbons (Fsp3) is 0.188. The Hall–Kier alpha value is -2.67. The summed E-state index contributed by atoms with van der Waals surface area (Å²) in [6, 6.07) is 9.87. The van der Waals surface area contributed by atoms with Crippen LogP contribution in [0.1, 0.15) is 27.0 Å². The Kier molecular flexibility index (Phi) is 5.87. The van der Waals surface area contributed by atoms with Crippen molar-refractivity contribution in [1.29, 1.82) is 0 Å². The largest absolute Gasteiger partial charge is 0.427 e. The van der Waals surface area contributed by atoms with Crippen molar-refractivity contribution in [2.24, 2.45) is 0 Å². The maximum Gasteiger partial charge on any atom is 0.308 e. The number of ether oxygens (including phenoxy) is 1. The third kappa shape index (κ3) is 5.23. The number of esters is 1. The lowest BCUT2D eigenvalue weighted by molar-refractivity contribution is -0.131. The number of hydrogen-bond donors (Lipinski definition) is 2. The quantitative estimate of drug-likeness (QED) is 0.480. The summed E-state index contributed by atoms with van der Waals surface area (Å²) in [5.74, 6) is -0.592. The molecule has 1 aromatic heterocycles. The van der Waals surface area contributed by atoms with Crippen LogP contribution in [0.5, 0.6) is 5.75 Å². The number of amides is 2. The molecule has 0 spiro atoms. The highest BCUT2D eigenvalue weighted by molar-refractivity contribution is 7.12. The number of carbonyl (C=O) groups excluding carboxylic acids is 3. The number of rotatable bonds is 6. The lowest BCUT2D eigenvalue weighted by atomic mass is 10.2. The van der Waals surface area contributed by atoms with Crippen molar-refractivity contribution in [3.63, 3.8) is 0 Å². The predicted molar refractivity (Wildman–Crippen MR) is 86.7 cm³/mol. The number of benzene rings is 1. The molecule has 0 atom stereocenters. The van der Waals surface area contributed by atoms with Crippen molar-refractivity contribution in [3.8, 4) is 5.75 Å². The standard InChI is InChI=1S/C16H16N2O4S/c1-11(19)22-13-5-2-4-12(10-13)15(20)17-7-8-18-16(21)14-6-3-9-23-14/h2-6,9-10H,7-8H2,1H3,(H,17,20)(H,18,21). The van der Waals surface area contributed by atoms with Crippen LogP contribution in [0, 0.1) is 0 Å². The summed E-state index contributed by atoms with van der Waals surface area (Å²) in [6.45, 7) is 1.92. The van der Waals surface area contributed by atoms with Crippen LogP contribution in [-0.2, 0) is 4.79 Å². The van der Waals surface area contributed by atoms with Gasteiger partial charge < -0.3 is 15.4 Å². The molecule has 0 bridgehead atoms. The van der Waals surface area contributed by atoms with E-state index in [9.17, 15) is 14.4 Å². The summed E-state index contributed by atoms with van der Waals surface area (Å²) in [5.41, 5.74) is 0.383. The van der Waals surface area contributed by atoms with Crippen molar-refractivity contribution in [2.75, 3.05) is 13.1 Å². The van der Waals surface area contributed by atoms with Gasteiger partial charge in [0.05, 0.1) is 4.88 Å². The van der Waals surface area contributed by atoms with Crippen LogP contribution >= 0.6 is 11.3 Å². The van der Waals surface area contributed by atoms with Gasteiger partial charge in [-0.3, -0.25) is 14.4 Å². The zero-order valence-corrected chi connectivity index (χ0v) is 13.3. The second-order valence-corrected chi connectivity index (χ2v) is 5.56. The topological polar surface area (TPSA) is 84.5 Å². The Bertz CT molecular complexity index is 698. The minimum atomic E-state index is -0.446. The van der Waals surface area contributed by atoms with E-state index in [4.69, 9.17) is 4.74 Å². The summed E-state index contributed by atoms with van der Waals surface area (Å²) in [4.78, 5) is 35.2. The van der Waals surface area contributed by atoms with Crippen LogP contribution in [0.2, 0.25) is 0 Å². The van der Waals surface area contributed by atoms with Gasteiger partial charge in [0.25, 0.3) is 11.8 Å². The summed E-state index contributed by atoms with van der Waals surface area (Å²) in [7, 11) is 0. The molecule has 0 radical (unpaired) electrons. The highest BCUT2D eigenvalue weighted by Gasteiger charge is 2.08. The lowest BCUT2D eigenvalue weighted by Gasteiger charge is -2.07. The van der Waals surface area contributed by atoms with Gasteiger partial charge >= 0.3 is 5.97 Å². The first-order valence-corrected chi connectivity index (χ1v) is 7.82. The molecule has 2 aromatic rings. The normalized spacial score (nSPS) is 9.96. The molecule has 2 amide bonds. The van der Waals surface area contributed by atoms with Crippen molar-refractivity contribution in [2.45, 2.75) is 6.92 Å². The Balaban J connectivity index is 1.78. The molecule has 1 aromatic carbocycles. The first kappa shape index (κ1) is 16.7. The molecule has 1 heterocycles. The molecule has 0 aliphatic heterocycles. The SMILES string of the molecule is CC(=O)Oc1cccc(C(=O)NCCNC(=O)c2cccs2)c1. The van der Waals surface area contributed by atoms with E-state index in [2.05, 4.69) is 10.6 Å². The second kappa shape index (κ2) is 8.09. The maximum atomic E-state index is 12.0. The van der Waals surface area contributed by atoms with Crippen LogP contribution in [0.15, 0.2) is 41.8 Å². The van der Waals surface area contributed by atoms with E-state index in [1.54, 1.807) is 30.3 Å². The molecular weight excluding hydrogens is 316 g/mol. The maximum absolute atomic E-state index is 12.0. The molecular formula is C16H16N2O4S. The third-order valence-corrected chi connectivity index (χ3v) is 3.67. The fourth-order valence-electron chi connectivity index (χ4n) is 1.82. The van der Waals surface area contributed by atoms with Crippen LogP contribution in [0.3, 0.4) is 0 Å². The molecule has 6 nitrogen and oxygen atoms in total. The first-order valence-electron chi connectivity index (χ1n) is 6.94. The Morgan fingerprint density at radius 2 is 1.78 bits per heavy atom. The molecule has 0 fully saturated rings. The Morgan fingerprint density at radius 1 is 1.04 bits per heavy atom. The smallest absolute Gasteiger partial charge is 0.308 e. The van der Waals surface area contributed by atoms with Gasteiger partial charge in [0.1, 0.15) is 5.75 Å². The van der Waals surface area contributed by atoms with Gasteiger partial charge in [-0.1, -0.05) is 12.1 Å². The van der Waals surface area contributed by atoms with Gasteiger partial charge in [0.2, 0.25) is 0 Å². The molecule has 7 heteroatoms. The van der Waals surface area contributed by atoms with E-state index in [0.29, 0.717) is 29.3 Å². The van der Waals surface area contributed by atoms with Crippen LogP contribution in [-0.4, -0.2) is 30.9 Å². The second-order valence-electron chi connectivity index (χ2n) is 4.61. The summed E-state index contributed by atoms with van der Waals surface area (Å²) in [6.07, 6.45) is 0. The average molecular weight is 332 g/mol. The predicted octanol–water partition coefficient (Wildman–Crippen LogP) is 1.83. The van der Waals surface area contributed by atoms with Gasteiger partial charge in [-0.15, -0.1) is 11.3 Å². The molecule has 0 aliphatic rings.